The van der Waals surface area contributed by atoms with Crippen LogP contribution in [0.2, 0.25) is 0 Å². The lowest BCUT2D eigenvalue weighted by molar-refractivity contribution is -0.121. The summed E-state index contributed by atoms with van der Waals surface area (Å²) >= 11 is 0. The predicted molar refractivity (Wildman–Crippen MR) is 78.6 cm³/mol. The minimum atomic E-state index is -3.89. The number of carbonyl (C=O) groups is 1. The first-order valence-corrected chi connectivity index (χ1v) is 7.77. The fraction of sp³-hybridized carbons (Fsp3) is 0.417. The molecule has 1 aromatic carbocycles. The van der Waals surface area contributed by atoms with Crippen LogP contribution in [0.15, 0.2) is 23.1 Å². The molecule has 8 heteroatoms. The second kappa shape index (κ2) is 6.58. The van der Waals surface area contributed by atoms with E-state index in [2.05, 4.69) is 10.6 Å². The minimum Gasteiger partial charge on any atom is -0.396 e. The lowest BCUT2D eigenvalue weighted by atomic mass is 10.2. The molecule has 0 aromatic heterocycles. The van der Waals surface area contributed by atoms with Gasteiger partial charge in [-0.15, -0.1) is 0 Å². The Morgan fingerprint density at radius 3 is 2.60 bits per heavy atom. The Morgan fingerprint density at radius 2 is 2.05 bits per heavy atom. The normalized spacial score (nSPS) is 12.8. The molecule has 1 aromatic rings. The summed E-state index contributed by atoms with van der Waals surface area (Å²) in [7, 11) is -3.89. The van der Waals surface area contributed by atoms with Crippen LogP contribution < -0.4 is 21.5 Å². The number of carbonyl (C=O) groups excluding carboxylic acids is 1. The molecule has 0 radical (unpaired) electrons. The van der Waals surface area contributed by atoms with Crippen LogP contribution in [0.3, 0.4) is 0 Å². The number of para-hydroxylation sites is 1. The van der Waals surface area contributed by atoms with E-state index in [-0.39, 0.29) is 16.5 Å². The van der Waals surface area contributed by atoms with Crippen LogP contribution in [0.1, 0.15) is 20.3 Å². The zero-order chi connectivity index (χ0) is 15.3. The van der Waals surface area contributed by atoms with E-state index in [9.17, 15) is 13.2 Å². The number of rotatable bonds is 6. The van der Waals surface area contributed by atoms with Gasteiger partial charge in [0.1, 0.15) is 10.9 Å². The molecule has 1 unspecified atom stereocenters. The maximum atomic E-state index is 11.7. The zero-order valence-corrected chi connectivity index (χ0v) is 12.3. The van der Waals surface area contributed by atoms with Crippen molar-refractivity contribution in [3.8, 4) is 0 Å². The number of primary sulfonamides is 1. The number of nitrogen functional groups attached to an aromatic ring is 1. The summed E-state index contributed by atoms with van der Waals surface area (Å²) in [6.07, 6.45) is 0.835. The Hall–Kier alpha value is -1.80. The molecular formula is C12H20N4O3S. The Balaban J connectivity index is 2.91. The van der Waals surface area contributed by atoms with Crippen molar-refractivity contribution in [2.24, 2.45) is 5.14 Å². The van der Waals surface area contributed by atoms with E-state index >= 15 is 0 Å². The smallest absolute Gasteiger partial charge is 0.242 e. The average molecular weight is 300 g/mol. The fourth-order valence-corrected chi connectivity index (χ4v) is 2.30. The molecule has 1 amide bonds. The van der Waals surface area contributed by atoms with Gasteiger partial charge in [0.2, 0.25) is 15.9 Å². The Bertz CT molecular complexity index is 586. The molecule has 0 saturated carbocycles. The monoisotopic (exact) mass is 300 g/mol. The van der Waals surface area contributed by atoms with E-state index in [0.717, 1.165) is 6.42 Å². The fourth-order valence-electron chi connectivity index (χ4n) is 1.62. The molecule has 0 aliphatic carbocycles. The number of hydrogen-bond donors (Lipinski definition) is 4. The molecule has 0 spiro atoms. The van der Waals surface area contributed by atoms with Crippen LogP contribution in [0.4, 0.5) is 11.4 Å². The topological polar surface area (TPSA) is 127 Å². The van der Waals surface area contributed by atoms with Crippen LogP contribution in [0.5, 0.6) is 0 Å². The maximum absolute atomic E-state index is 11.7. The zero-order valence-electron chi connectivity index (χ0n) is 11.5. The number of hydrogen-bond acceptors (Lipinski definition) is 5. The summed E-state index contributed by atoms with van der Waals surface area (Å²) in [6, 6.07) is 3.87. The van der Waals surface area contributed by atoms with Gasteiger partial charge in [0.15, 0.2) is 0 Å². The summed E-state index contributed by atoms with van der Waals surface area (Å²) in [6.45, 7) is 4.19. The second-order valence-electron chi connectivity index (χ2n) is 4.42. The Labute approximate surface area is 118 Å². The highest BCUT2D eigenvalue weighted by molar-refractivity contribution is 7.89. The summed E-state index contributed by atoms with van der Waals surface area (Å²) in [5, 5.41) is 10.7. The van der Waals surface area contributed by atoms with Crippen LogP contribution in [0, 0.1) is 0 Å². The number of benzene rings is 1. The molecule has 1 rings (SSSR count). The standard InChI is InChI=1S/C12H20N4O3S/c1-3-7-15-12(17)8(2)16-9-5-4-6-10(11(9)13)20(14,18)19/h4-6,8,16H,3,7,13H2,1-2H3,(H,15,17)(H2,14,18,19). The van der Waals surface area contributed by atoms with Gasteiger partial charge in [-0.05, 0) is 25.5 Å². The highest BCUT2D eigenvalue weighted by atomic mass is 32.2. The molecule has 6 N–H and O–H groups in total. The van der Waals surface area contributed by atoms with Crippen LogP contribution in [-0.4, -0.2) is 26.9 Å². The molecule has 0 saturated heterocycles. The van der Waals surface area contributed by atoms with E-state index in [0.29, 0.717) is 12.2 Å². The van der Waals surface area contributed by atoms with Gasteiger partial charge in [0, 0.05) is 6.54 Å². The van der Waals surface area contributed by atoms with E-state index < -0.39 is 16.1 Å². The molecule has 0 aliphatic rings. The minimum absolute atomic E-state index is 0.00476. The average Bonchev–Trinajstić information content (AvgIpc) is 2.36. The molecule has 20 heavy (non-hydrogen) atoms. The van der Waals surface area contributed by atoms with Crippen LogP contribution in [0.25, 0.3) is 0 Å². The molecule has 0 aliphatic heterocycles. The summed E-state index contributed by atoms with van der Waals surface area (Å²) in [5.41, 5.74) is 6.13. The first kappa shape index (κ1) is 16.3. The maximum Gasteiger partial charge on any atom is 0.242 e. The molecular weight excluding hydrogens is 280 g/mol. The van der Waals surface area contributed by atoms with Gasteiger partial charge in [-0.2, -0.15) is 0 Å². The number of sulfonamides is 1. The van der Waals surface area contributed by atoms with Crippen LogP contribution in [-0.2, 0) is 14.8 Å². The first-order chi connectivity index (χ1) is 9.27. The van der Waals surface area contributed by atoms with E-state index in [1.54, 1.807) is 13.0 Å². The highest BCUT2D eigenvalue weighted by Crippen LogP contribution is 2.26. The van der Waals surface area contributed by atoms with Gasteiger partial charge < -0.3 is 16.4 Å². The molecule has 0 fully saturated rings. The van der Waals surface area contributed by atoms with Gasteiger partial charge in [-0.1, -0.05) is 13.0 Å². The number of nitrogens with two attached hydrogens (primary N) is 2. The second-order valence-corrected chi connectivity index (χ2v) is 5.95. The van der Waals surface area contributed by atoms with Crippen molar-refractivity contribution < 1.29 is 13.2 Å². The first-order valence-electron chi connectivity index (χ1n) is 6.23. The van der Waals surface area contributed by atoms with Crippen LogP contribution >= 0.6 is 0 Å². The third kappa shape index (κ3) is 4.10. The molecule has 112 valence electrons. The molecule has 0 heterocycles. The number of amides is 1. The lowest BCUT2D eigenvalue weighted by Crippen LogP contribution is -2.38. The van der Waals surface area contributed by atoms with Crippen molar-refractivity contribution in [1.82, 2.24) is 5.32 Å². The van der Waals surface area contributed by atoms with Crippen molar-refractivity contribution in [3.63, 3.8) is 0 Å². The van der Waals surface area contributed by atoms with Crippen molar-refractivity contribution in [1.29, 1.82) is 0 Å². The SMILES string of the molecule is CCCNC(=O)C(C)Nc1cccc(S(N)(=O)=O)c1N. The summed E-state index contributed by atoms with van der Waals surface area (Å²) in [4.78, 5) is 11.6. The Morgan fingerprint density at radius 1 is 1.40 bits per heavy atom. The quantitative estimate of drug-likeness (QED) is 0.560. The third-order valence-electron chi connectivity index (χ3n) is 2.69. The summed E-state index contributed by atoms with van der Waals surface area (Å²) in [5.74, 6) is -0.188. The van der Waals surface area contributed by atoms with Gasteiger partial charge >= 0.3 is 0 Å². The van der Waals surface area contributed by atoms with Gasteiger partial charge in [-0.25, -0.2) is 13.6 Å². The van der Waals surface area contributed by atoms with Crippen molar-refractivity contribution in [2.45, 2.75) is 31.2 Å². The molecule has 0 bridgehead atoms. The van der Waals surface area contributed by atoms with Crippen molar-refractivity contribution in [3.05, 3.63) is 18.2 Å². The molecule has 1 atom stereocenters. The van der Waals surface area contributed by atoms with Crippen molar-refractivity contribution in [2.75, 3.05) is 17.6 Å². The van der Waals surface area contributed by atoms with Gasteiger partial charge in [0.25, 0.3) is 0 Å². The summed E-state index contributed by atoms with van der Waals surface area (Å²) < 4.78 is 22.7. The van der Waals surface area contributed by atoms with E-state index in [1.165, 1.54) is 12.1 Å². The Kier molecular flexibility index (Phi) is 5.34. The van der Waals surface area contributed by atoms with Gasteiger partial charge in [-0.3, -0.25) is 4.79 Å². The third-order valence-corrected chi connectivity index (χ3v) is 3.66. The van der Waals surface area contributed by atoms with Crippen molar-refractivity contribution >= 4 is 27.3 Å². The largest absolute Gasteiger partial charge is 0.396 e. The van der Waals surface area contributed by atoms with Gasteiger partial charge in [0.05, 0.1) is 11.4 Å². The lowest BCUT2D eigenvalue weighted by Gasteiger charge is -2.17. The van der Waals surface area contributed by atoms with E-state index in [4.69, 9.17) is 10.9 Å². The highest BCUT2D eigenvalue weighted by Gasteiger charge is 2.17. The molecule has 7 nitrogen and oxygen atoms in total. The van der Waals surface area contributed by atoms with E-state index in [1.807, 2.05) is 6.92 Å². The number of nitrogens with one attached hydrogen (secondary N) is 2. The number of anilines is 2. The predicted octanol–water partition coefficient (Wildman–Crippen LogP) is 0.243.